The Balaban J connectivity index is 0.000000640. The number of nitrogens with zero attached hydrogens (tertiary/aromatic N) is 3. The van der Waals surface area contributed by atoms with Crippen molar-refractivity contribution in [3.63, 3.8) is 0 Å². The van der Waals surface area contributed by atoms with Crippen LogP contribution in [0.1, 0.15) is 5.56 Å². The molecule has 4 nitrogen and oxygen atoms in total. The highest BCUT2D eigenvalue weighted by atomic mass is 35.5. The summed E-state index contributed by atoms with van der Waals surface area (Å²) >= 11 is 0. The summed E-state index contributed by atoms with van der Waals surface area (Å²) in [4.78, 5) is 2.04. The standard InChI is InChI=1S/C10H9N3O.2ClH/c1-2-4-9-8(3-1)5-14-6-10-12-11-7-13(9)10;;/h1-4,6H,5,7H2;2*1H. The van der Waals surface area contributed by atoms with E-state index in [0.29, 0.717) is 13.3 Å². The molecule has 86 valence electrons. The van der Waals surface area contributed by atoms with Gasteiger partial charge in [-0.2, -0.15) is 5.11 Å². The molecule has 0 saturated heterocycles. The third kappa shape index (κ3) is 1.99. The summed E-state index contributed by atoms with van der Waals surface area (Å²) in [7, 11) is 0. The predicted molar refractivity (Wildman–Crippen MR) is 66.0 cm³/mol. The number of hydrogen-bond acceptors (Lipinski definition) is 4. The highest BCUT2D eigenvalue weighted by molar-refractivity contribution is 5.85. The van der Waals surface area contributed by atoms with Gasteiger partial charge in [-0.1, -0.05) is 18.2 Å². The molecule has 0 spiro atoms. The van der Waals surface area contributed by atoms with E-state index >= 15 is 0 Å². The summed E-state index contributed by atoms with van der Waals surface area (Å²) in [6.45, 7) is 1.19. The molecule has 0 aromatic heterocycles. The van der Waals surface area contributed by atoms with Crippen molar-refractivity contribution in [1.29, 1.82) is 0 Å². The molecule has 0 unspecified atom stereocenters. The van der Waals surface area contributed by atoms with E-state index in [0.717, 1.165) is 11.5 Å². The fourth-order valence-corrected chi connectivity index (χ4v) is 1.68. The Hall–Kier alpha value is -1.26. The van der Waals surface area contributed by atoms with Gasteiger partial charge < -0.3 is 4.74 Å². The lowest BCUT2D eigenvalue weighted by Gasteiger charge is -2.16. The highest BCUT2D eigenvalue weighted by Crippen LogP contribution is 2.30. The smallest absolute Gasteiger partial charge is 0.191 e. The first-order valence-corrected chi connectivity index (χ1v) is 4.50. The minimum atomic E-state index is 0. The molecule has 2 aliphatic rings. The van der Waals surface area contributed by atoms with Crippen molar-refractivity contribution < 1.29 is 4.74 Å². The molecule has 1 aromatic rings. The number of hydrogen-bond donors (Lipinski definition) is 0. The van der Waals surface area contributed by atoms with Crippen LogP contribution in [0.2, 0.25) is 0 Å². The van der Waals surface area contributed by atoms with Crippen molar-refractivity contribution >= 4 is 30.5 Å². The average Bonchev–Trinajstić information content (AvgIpc) is 2.61. The van der Waals surface area contributed by atoms with E-state index in [9.17, 15) is 0 Å². The Morgan fingerprint density at radius 2 is 2.00 bits per heavy atom. The van der Waals surface area contributed by atoms with Crippen LogP contribution in [0.3, 0.4) is 0 Å². The summed E-state index contributed by atoms with van der Waals surface area (Å²) in [5.74, 6) is 0.787. The number of anilines is 1. The SMILES string of the molecule is C1=C2N=NCN2c2ccccc2CO1.Cl.Cl. The number of para-hydroxylation sites is 1. The third-order valence-electron chi connectivity index (χ3n) is 2.36. The first kappa shape index (κ1) is 12.8. The van der Waals surface area contributed by atoms with E-state index in [1.807, 2.05) is 17.0 Å². The molecule has 16 heavy (non-hydrogen) atoms. The molecule has 0 bridgehead atoms. The van der Waals surface area contributed by atoms with Crippen molar-refractivity contribution in [3.8, 4) is 0 Å². The second kappa shape index (κ2) is 5.18. The van der Waals surface area contributed by atoms with E-state index in [2.05, 4.69) is 22.4 Å². The number of benzene rings is 1. The van der Waals surface area contributed by atoms with Gasteiger partial charge in [0.15, 0.2) is 5.82 Å². The van der Waals surface area contributed by atoms with E-state index in [1.165, 1.54) is 5.56 Å². The Morgan fingerprint density at radius 1 is 1.19 bits per heavy atom. The maximum atomic E-state index is 5.38. The summed E-state index contributed by atoms with van der Waals surface area (Å²) in [6, 6.07) is 8.15. The first-order chi connectivity index (χ1) is 6.95. The topological polar surface area (TPSA) is 37.2 Å². The number of rotatable bonds is 0. The van der Waals surface area contributed by atoms with E-state index in [1.54, 1.807) is 6.26 Å². The van der Waals surface area contributed by atoms with Crippen molar-refractivity contribution in [1.82, 2.24) is 0 Å². The van der Waals surface area contributed by atoms with Crippen molar-refractivity contribution in [3.05, 3.63) is 41.9 Å². The molecule has 0 radical (unpaired) electrons. The molecule has 1 aromatic carbocycles. The van der Waals surface area contributed by atoms with Crippen molar-refractivity contribution in [2.45, 2.75) is 6.61 Å². The number of halogens is 2. The minimum Gasteiger partial charge on any atom is -0.492 e. The van der Waals surface area contributed by atoms with Crippen LogP contribution in [0.15, 0.2) is 46.6 Å². The van der Waals surface area contributed by atoms with Crippen LogP contribution < -0.4 is 4.90 Å². The first-order valence-electron chi connectivity index (χ1n) is 4.50. The van der Waals surface area contributed by atoms with Crippen LogP contribution in [0, 0.1) is 0 Å². The fourth-order valence-electron chi connectivity index (χ4n) is 1.68. The second-order valence-corrected chi connectivity index (χ2v) is 3.23. The van der Waals surface area contributed by atoms with E-state index in [-0.39, 0.29) is 24.8 Å². The Kier molecular flexibility index (Phi) is 4.15. The predicted octanol–water partition coefficient (Wildman–Crippen LogP) is 3.09. The van der Waals surface area contributed by atoms with Gasteiger partial charge >= 0.3 is 0 Å². The number of ether oxygens (including phenoxy) is 1. The van der Waals surface area contributed by atoms with Gasteiger partial charge in [-0.15, -0.1) is 29.9 Å². The Bertz CT molecular complexity index is 434. The second-order valence-electron chi connectivity index (χ2n) is 3.23. The van der Waals surface area contributed by atoms with Gasteiger partial charge in [-0.25, -0.2) is 0 Å². The minimum absolute atomic E-state index is 0. The molecule has 0 N–H and O–H groups in total. The van der Waals surface area contributed by atoms with Crippen LogP contribution in [0.25, 0.3) is 0 Å². The van der Waals surface area contributed by atoms with Gasteiger partial charge in [0.1, 0.15) is 19.5 Å². The van der Waals surface area contributed by atoms with E-state index < -0.39 is 0 Å². The van der Waals surface area contributed by atoms with Gasteiger partial charge in [0.2, 0.25) is 0 Å². The van der Waals surface area contributed by atoms with Gasteiger partial charge in [0, 0.05) is 5.56 Å². The van der Waals surface area contributed by atoms with Crippen LogP contribution >= 0.6 is 24.8 Å². The molecular weight excluding hydrogens is 249 g/mol. The summed E-state index contributed by atoms with van der Waals surface area (Å²) in [6.07, 6.45) is 1.66. The molecule has 0 fully saturated rings. The van der Waals surface area contributed by atoms with Crippen molar-refractivity contribution in [2.24, 2.45) is 10.2 Å². The molecular formula is C10H11Cl2N3O. The van der Waals surface area contributed by atoms with Crippen LogP contribution in [-0.2, 0) is 11.3 Å². The maximum absolute atomic E-state index is 5.38. The van der Waals surface area contributed by atoms with Gasteiger partial charge in [0.05, 0.1) is 5.69 Å². The molecule has 2 aliphatic heterocycles. The Labute approximate surface area is 106 Å². The number of fused-ring (bicyclic) bond motifs is 3. The molecule has 0 atom stereocenters. The lowest BCUT2D eigenvalue weighted by Crippen LogP contribution is -2.17. The van der Waals surface area contributed by atoms with Crippen LogP contribution in [0.4, 0.5) is 5.69 Å². The van der Waals surface area contributed by atoms with Crippen LogP contribution in [-0.4, -0.2) is 6.67 Å². The van der Waals surface area contributed by atoms with Gasteiger partial charge in [-0.05, 0) is 6.07 Å². The fraction of sp³-hybridized carbons (Fsp3) is 0.200. The largest absolute Gasteiger partial charge is 0.492 e. The zero-order valence-electron chi connectivity index (χ0n) is 8.37. The van der Waals surface area contributed by atoms with Gasteiger partial charge in [-0.3, -0.25) is 4.90 Å². The Morgan fingerprint density at radius 3 is 2.88 bits per heavy atom. The molecule has 0 saturated carbocycles. The zero-order valence-corrected chi connectivity index (χ0v) is 10.0. The lowest BCUT2D eigenvalue weighted by molar-refractivity contribution is 0.236. The molecule has 6 heteroatoms. The molecule has 2 heterocycles. The molecule has 0 aliphatic carbocycles. The van der Waals surface area contributed by atoms with Crippen molar-refractivity contribution in [2.75, 3.05) is 11.6 Å². The zero-order chi connectivity index (χ0) is 9.38. The molecule has 3 rings (SSSR count). The lowest BCUT2D eigenvalue weighted by atomic mass is 10.2. The van der Waals surface area contributed by atoms with Gasteiger partial charge in [0.25, 0.3) is 0 Å². The quantitative estimate of drug-likeness (QED) is 0.718. The highest BCUT2D eigenvalue weighted by Gasteiger charge is 2.21. The summed E-state index contributed by atoms with van der Waals surface area (Å²) in [5.41, 5.74) is 2.31. The molecule has 0 amide bonds. The van der Waals surface area contributed by atoms with Crippen LogP contribution in [0.5, 0.6) is 0 Å². The monoisotopic (exact) mass is 259 g/mol. The third-order valence-corrected chi connectivity index (χ3v) is 2.36. The summed E-state index contributed by atoms with van der Waals surface area (Å²) < 4.78 is 5.38. The average molecular weight is 260 g/mol. The maximum Gasteiger partial charge on any atom is 0.191 e. The summed E-state index contributed by atoms with van der Waals surface area (Å²) in [5, 5.41) is 7.97. The number of azo groups is 1. The van der Waals surface area contributed by atoms with E-state index in [4.69, 9.17) is 4.74 Å². The normalized spacial score (nSPS) is 15.8.